The number of benzene rings is 1. The Morgan fingerprint density at radius 3 is 2.83 bits per heavy atom. The van der Waals surface area contributed by atoms with Crippen LogP contribution in [0.4, 0.5) is 5.82 Å². The van der Waals surface area contributed by atoms with Crippen LogP contribution in [0.2, 0.25) is 0 Å². The molecule has 0 bridgehead atoms. The average molecular weight is 310 g/mol. The Morgan fingerprint density at radius 1 is 1.35 bits per heavy atom. The van der Waals surface area contributed by atoms with Crippen LogP contribution in [-0.4, -0.2) is 20.7 Å². The summed E-state index contributed by atoms with van der Waals surface area (Å²) in [5, 5.41) is 9.45. The van der Waals surface area contributed by atoms with Crippen molar-refractivity contribution >= 4 is 33.7 Å². The number of para-hydroxylation sites is 1. The molecule has 23 heavy (non-hydrogen) atoms. The third-order valence-corrected chi connectivity index (χ3v) is 3.86. The zero-order valence-corrected chi connectivity index (χ0v) is 14.1. The number of nitrogens with zero attached hydrogens (tertiary/aromatic N) is 3. The smallest absolute Gasteiger partial charge is 0.225 e. The molecule has 0 spiro atoms. The molecule has 2 heterocycles. The molecule has 0 aliphatic carbocycles. The van der Waals surface area contributed by atoms with Crippen molar-refractivity contribution < 1.29 is 4.79 Å². The van der Waals surface area contributed by atoms with Gasteiger partial charge in [-0.15, -0.1) is 0 Å². The molecule has 1 amide bonds. The number of hydrogen-bond acceptors (Lipinski definition) is 3. The van der Waals surface area contributed by atoms with Crippen LogP contribution in [-0.2, 0) is 11.3 Å². The fourth-order valence-electron chi connectivity index (χ4n) is 2.72. The zero-order chi connectivity index (χ0) is 16.6. The highest BCUT2D eigenvalue weighted by atomic mass is 16.1. The molecule has 0 radical (unpaired) electrons. The lowest BCUT2D eigenvalue weighted by Gasteiger charge is -2.06. The molecule has 2 aromatic heterocycles. The van der Waals surface area contributed by atoms with Crippen LogP contribution in [0.3, 0.4) is 0 Å². The predicted molar refractivity (Wildman–Crippen MR) is 93.5 cm³/mol. The normalized spacial score (nSPS) is 11.5. The summed E-state index contributed by atoms with van der Waals surface area (Å²) in [6.45, 7) is 8.95. The van der Waals surface area contributed by atoms with Gasteiger partial charge < -0.3 is 5.32 Å². The Morgan fingerprint density at radius 2 is 2.13 bits per heavy atom. The van der Waals surface area contributed by atoms with Gasteiger partial charge in [0.15, 0.2) is 11.5 Å². The van der Waals surface area contributed by atoms with E-state index >= 15 is 0 Å². The van der Waals surface area contributed by atoms with Crippen molar-refractivity contribution in [2.75, 3.05) is 5.32 Å². The van der Waals surface area contributed by atoms with Crippen LogP contribution >= 0.6 is 0 Å². The summed E-state index contributed by atoms with van der Waals surface area (Å²) in [7, 11) is 0. The number of carbonyl (C=O) groups excluding carboxylic acids is 1. The summed E-state index contributed by atoms with van der Waals surface area (Å²) in [6.07, 6.45) is 0.429. The molecular weight excluding hydrogens is 288 g/mol. The van der Waals surface area contributed by atoms with Crippen LogP contribution in [0.25, 0.3) is 21.9 Å². The molecule has 0 fully saturated rings. The van der Waals surface area contributed by atoms with Crippen molar-refractivity contribution in [3.63, 3.8) is 0 Å². The van der Waals surface area contributed by atoms with Gasteiger partial charge in [0.05, 0.1) is 10.9 Å². The van der Waals surface area contributed by atoms with Gasteiger partial charge in [0.2, 0.25) is 5.91 Å². The van der Waals surface area contributed by atoms with Crippen molar-refractivity contribution in [1.29, 1.82) is 0 Å². The van der Waals surface area contributed by atoms with Gasteiger partial charge in [-0.2, -0.15) is 5.10 Å². The maximum absolute atomic E-state index is 11.8. The number of aromatic nitrogens is 3. The fourth-order valence-corrected chi connectivity index (χ4v) is 2.72. The molecule has 0 saturated heterocycles. The monoisotopic (exact) mass is 310 g/mol. The van der Waals surface area contributed by atoms with Crippen molar-refractivity contribution in [1.82, 2.24) is 14.8 Å². The van der Waals surface area contributed by atoms with Crippen molar-refractivity contribution in [3.8, 4) is 0 Å². The molecule has 3 rings (SSSR count). The lowest BCUT2D eigenvalue weighted by molar-refractivity contribution is -0.115. The van der Waals surface area contributed by atoms with Gasteiger partial charge in [0, 0.05) is 18.4 Å². The number of nitrogens with one attached hydrogen (secondary N) is 1. The summed E-state index contributed by atoms with van der Waals surface area (Å²) < 4.78 is 1.90. The van der Waals surface area contributed by atoms with E-state index in [1.54, 1.807) is 0 Å². The largest absolute Gasteiger partial charge is 0.309 e. The molecule has 1 N–H and O–H groups in total. The second kappa shape index (κ2) is 5.99. The Balaban J connectivity index is 2.25. The highest BCUT2D eigenvalue weighted by Crippen LogP contribution is 2.27. The van der Waals surface area contributed by atoms with Gasteiger partial charge >= 0.3 is 0 Å². The number of carbonyl (C=O) groups is 1. The van der Waals surface area contributed by atoms with Gasteiger partial charge in [0.1, 0.15) is 0 Å². The van der Waals surface area contributed by atoms with Crippen molar-refractivity contribution in [2.24, 2.45) is 5.92 Å². The van der Waals surface area contributed by atoms with Gasteiger partial charge in [-0.1, -0.05) is 39.0 Å². The predicted octanol–water partition coefficient (Wildman–Crippen LogP) is 3.90. The van der Waals surface area contributed by atoms with Crippen LogP contribution in [0.1, 0.15) is 32.8 Å². The SMILES string of the molecule is CCC(=O)Nc1nn(CC(C)C)c2nc3c(C)cccc3cc12. The third-order valence-electron chi connectivity index (χ3n) is 3.86. The minimum atomic E-state index is -0.0366. The Kier molecular flexibility index (Phi) is 4.03. The van der Waals surface area contributed by atoms with Crippen LogP contribution in [0, 0.1) is 12.8 Å². The molecule has 0 saturated carbocycles. The summed E-state index contributed by atoms with van der Waals surface area (Å²) in [5.74, 6) is 1.01. The van der Waals surface area contributed by atoms with Gasteiger partial charge in [0.25, 0.3) is 0 Å². The molecule has 0 unspecified atom stereocenters. The minimum Gasteiger partial charge on any atom is -0.309 e. The molecule has 0 aliphatic heterocycles. The number of pyridine rings is 1. The average Bonchev–Trinajstić information content (AvgIpc) is 2.82. The number of fused-ring (bicyclic) bond motifs is 2. The summed E-state index contributed by atoms with van der Waals surface area (Å²) in [5.41, 5.74) is 2.95. The number of hydrogen-bond donors (Lipinski definition) is 1. The van der Waals surface area contributed by atoms with Crippen molar-refractivity contribution in [3.05, 3.63) is 29.8 Å². The van der Waals surface area contributed by atoms with Gasteiger partial charge in [-0.3, -0.25) is 4.79 Å². The second-order valence-corrected chi connectivity index (χ2v) is 6.33. The molecule has 5 nitrogen and oxygen atoms in total. The van der Waals surface area contributed by atoms with Crippen LogP contribution < -0.4 is 5.32 Å². The van der Waals surface area contributed by atoms with E-state index in [0.717, 1.165) is 34.0 Å². The summed E-state index contributed by atoms with van der Waals surface area (Å²) in [4.78, 5) is 16.6. The van der Waals surface area contributed by atoms with Crippen LogP contribution in [0.5, 0.6) is 0 Å². The van der Waals surface area contributed by atoms with E-state index in [1.807, 2.05) is 23.7 Å². The van der Waals surface area contributed by atoms with Crippen molar-refractivity contribution in [2.45, 2.75) is 40.7 Å². The first-order valence-electron chi connectivity index (χ1n) is 8.06. The van der Waals surface area contributed by atoms with E-state index in [4.69, 9.17) is 4.98 Å². The molecule has 3 aromatic rings. The first-order valence-corrected chi connectivity index (χ1v) is 8.06. The summed E-state index contributed by atoms with van der Waals surface area (Å²) in [6, 6.07) is 8.19. The van der Waals surface area contributed by atoms with E-state index in [2.05, 4.69) is 43.3 Å². The maximum Gasteiger partial charge on any atom is 0.225 e. The standard InChI is InChI=1S/C18H22N4O/c1-5-15(23)19-17-14-9-13-8-6-7-12(4)16(13)20-18(14)22(21-17)10-11(2)3/h6-9,11H,5,10H2,1-4H3,(H,19,21,23). The molecular formula is C18H22N4O. The lowest BCUT2D eigenvalue weighted by atomic mass is 10.1. The van der Waals surface area contributed by atoms with Gasteiger partial charge in [-0.05, 0) is 24.5 Å². The first-order chi connectivity index (χ1) is 11.0. The van der Waals surface area contributed by atoms with E-state index in [0.29, 0.717) is 18.2 Å². The molecule has 1 aromatic carbocycles. The first kappa shape index (κ1) is 15.5. The number of aryl methyl sites for hydroxylation is 1. The Bertz CT molecular complexity index is 879. The lowest BCUT2D eigenvalue weighted by Crippen LogP contribution is -2.11. The van der Waals surface area contributed by atoms with E-state index in [9.17, 15) is 4.79 Å². The quantitative estimate of drug-likeness (QED) is 0.795. The number of rotatable bonds is 4. The highest BCUT2D eigenvalue weighted by Gasteiger charge is 2.16. The number of anilines is 1. The fraction of sp³-hybridized carbons (Fsp3) is 0.389. The summed E-state index contributed by atoms with van der Waals surface area (Å²) >= 11 is 0. The molecule has 5 heteroatoms. The van der Waals surface area contributed by atoms with Gasteiger partial charge in [-0.25, -0.2) is 9.67 Å². The molecule has 0 aliphatic rings. The zero-order valence-electron chi connectivity index (χ0n) is 14.1. The van der Waals surface area contributed by atoms with E-state index < -0.39 is 0 Å². The highest BCUT2D eigenvalue weighted by molar-refractivity contribution is 6.03. The van der Waals surface area contributed by atoms with E-state index in [1.165, 1.54) is 0 Å². The molecule has 0 atom stereocenters. The number of amides is 1. The Labute approximate surface area is 135 Å². The minimum absolute atomic E-state index is 0.0366. The maximum atomic E-state index is 11.8. The topological polar surface area (TPSA) is 59.8 Å². The van der Waals surface area contributed by atoms with E-state index in [-0.39, 0.29) is 5.91 Å². The molecule has 120 valence electrons. The third kappa shape index (κ3) is 2.91. The van der Waals surface area contributed by atoms with Crippen LogP contribution in [0.15, 0.2) is 24.3 Å². The Hall–Kier alpha value is -2.43. The second-order valence-electron chi connectivity index (χ2n) is 6.33.